The molecule has 1 unspecified atom stereocenters. The van der Waals surface area contributed by atoms with E-state index >= 15 is 0 Å². The van der Waals surface area contributed by atoms with Crippen LogP contribution in [0.3, 0.4) is 0 Å². The molecule has 1 atom stereocenters. The van der Waals surface area contributed by atoms with Gasteiger partial charge in [0.2, 0.25) is 0 Å². The molecule has 0 saturated carbocycles. The zero-order valence-electron chi connectivity index (χ0n) is 12.3. The molecule has 1 rings (SSSR count). The monoisotopic (exact) mass is 289 g/mol. The van der Waals surface area contributed by atoms with E-state index in [0.717, 1.165) is 13.0 Å². The van der Waals surface area contributed by atoms with Crippen molar-refractivity contribution in [1.82, 2.24) is 5.32 Å². The Labute approximate surface area is 118 Å². The Morgan fingerprint density at radius 1 is 1.15 bits per heavy atom. The van der Waals surface area contributed by atoms with E-state index in [1.165, 1.54) is 6.07 Å². The normalized spacial score (nSPS) is 14.2. The molecule has 5 heteroatoms. The molecule has 0 heterocycles. The van der Waals surface area contributed by atoms with Gasteiger partial charge in [0.15, 0.2) is 0 Å². The third-order valence-electron chi connectivity index (χ3n) is 2.91. The molecule has 20 heavy (non-hydrogen) atoms. The first kappa shape index (κ1) is 16.8. The predicted molar refractivity (Wildman–Crippen MR) is 73.9 cm³/mol. The van der Waals surface area contributed by atoms with Crippen molar-refractivity contribution in [2.45, 2.75) is 51.9 Å². The number of hydrogen-bond donors (Lipinski definition) is 1. The van der Waals surface area contributed by atoms with E-state index < -0.39 is 6.36 Å². The first-order valence-electron chi connectivity index (χ1n) is 6.68. The van der Waals surface area contributed by atoms with Gasteiger partial charge in [-0.15, -0.1) is 13.2 Å². The van der Waals surface area contributed by atoms with Crippen molar-refractivity contribution in [3.8, 4) is 5.75 Å². The summed E-state index contributed by atoms with van der Waals surface area (Å²) < 4.78 is 41.2. The minimum Gasteiger partial charge on any atom is -0.405 e. The highest BCUT2D eigenvalue weighted by atomic mass is 19.4. The zero-order chi connectivity index (χ0) is 15.4. The fraction of sp³-hybridized carbons (Fsp3) is 0.600. The van der Waals surface area contributed by atoms with Crippen LogP contribution in [0.5, 0.6) is 5.75 Å². The van der Waals surface area contributed by atoms with Crippen LogP contribution in [0.4, 0.5) is 13.2 Å². The molecule has 1 N–H and O–H groups in total. The highest BCUT2D eigenvalue weighted by molar-refractivity contribution is 5.36. The fourth-order valence-corrected chi connectivity index (χ4v) is 1.92. The zero-order valence-corrected chi connectivity index (χ0v) is 12.3. The van der Waals surface area contributed by atoms with E-state index in [2.05, 4.69) is 30.8 Å². The van der Waals surface area contributed by atoms with Gasteiger partial charge >= 0.3 is 6.36 Å². The smallest absolute Gasteiger partial charge is 0.405 e. The molecular formula is C15H22F3NO. The summed E-state index contributed by atoms with van der Waals surface area (Å²) in [5, 5.41) is 3.33. The van der Waals surface area contributed by atoms with Crippen molar-refractivity contribution in [2.24, 2.45) is 0 Å². The molecule has 0 aliphatic heterocycles. The molecule has 0 bridgehead atoms. The average Bonchev–Trinajstić information content (AvgIpc) is 2.25. The molecule has 2 nitrogen and oxygen atoms in total. The van der Waals surface area contributed by atoms with Crippen LogP contribution in [-0.4, -0.2) is 18.4 Å². The predicted octanol–water partition coefficient (Wildman–Crippen LogP) is 4.47. The standard InChI is InChI=1S/C15H22F3NO/c1-11(9-10-19-14(2,3)4)12-7-5-6-8-13(12)20-15(16,17)18/h5-8,11,19H,9-10H2,1-4H3. The average molecular weight is 289 g/mol. The fourth-order valence-electron chi connectivity index (χ4n) is 1.92. The Balaban J connectivity index is 2.70. The van der Waals surface area contributed by atoms with E-state index in [1.807, 2.05) is 6.92 Å². The summed E-state index contributed by atoms with van der Waals surface area (Å²) in [5.41, 5.74) is 0.586. The summed E-state index contributed by atoms with van der Waals surface area (Å²) in [6.45, 7) is 8.81. The van der Waals surface area contributed by atoms with Crippen LogP contribution in [0, 0.1) is 0 Å². The Hall–Kier alpha value is -1.23. The van der Waals surface area contributed by atoms with Gasteiger partial charge < -0.3 is 10.1 Å². The van der Waals surface area contributed by atoms with Crippen molar-refractivity contribution in [2.75, 3.05) is 6.54 Å². The molecule has 0 spiro atoms. The van der Waals surface area contributed by atoms with Gasteiger partial charge in [-0.2, -0.15) is 0 Å². The number of hydrogen-bond acceptors (Lipinski definition) is 2. The lowest BCUT2D eigenvalue weighted by Crippen LogP contribution is -2.36. The van der Waals surface area contributed by atoms with E-state index in [0.29, 0.717) is 5.56 Å². The van der Waals surface area contributed by atoms with Gasteiger partial charge in [-0.25, -0.2) is 0 Å². The van der Waals surface area contributed by atoms with Crippen molar-refractivity contribution in [3.63, 3.8) is 0 Å². The second-order valence-electron chi connectivity index (χ2n) is 5.95. The van der Waals surface area contributed by atoms with Gasteiger partial charge in [0.05, 0.1) is 0 Å². The van der Waals surface area contributed by atoms with Crippen LogP contribution < -0.4 is 10.1 Å². The second kappa shape index (κ2) is 6.48. The Kier molecular flexibility index (Phi) is 5.45. The minimum absolute atomic E-state index is 0.00169. The van der Waals surface area contributed by atoms with Crippen LogP contribution in [0.1, 0.15) is 45.6 Å². The second-order valence-corrected chi connectivity index (χ2v) is 5.95. The van der Waals surface area contributed by atoms with E-state index in [9.17, 15) is 13.2 Å². The van der Waals surface area contributed by atoms with Gasteiger partial charge in [0.1, 0.15) is 5.75 Å². The van der Waals surface area contributed by atoms with Crippen LogP contribution in [0.15, 0.2) is 24.3 Å². The largest absolute Gasteiger partial charge is 0.573 e. The van der Waals surface area contributed by atoms with Gasteiger partial charge in [-0.3, -0.25) is 0 Å². The van der Waals surface area contributed by atoms with Crippen LogP contribution >= 0.6 is 0 Å². The molecular weight excluding hydrogens is 267 g/mol. The summed E-state index contributed by atoms with van der Waals surface area (Å²) in [6, 6.07) is 6.32. The van der Waals surface area contributed by atoms with E-state index in [1.54, 1.807) is 18.2 Å². The summed E-state index contributed by atoms with van der Waals surface area (Å²) in [6.07, 6.45) is -3.91. The maximum atomic E-state index is 12.4. The van der Waals surface area contributed by atoms with Crippen molar-refractivity contribution < 1.29 is 17.9 Å². The molecule has 0 saturated heterocycles. The maximum absolute atomic E-state index is 12.4. The van der Waals surface area contributed by atoms with Crippen molar-refractivity contribution >= 4 is 0 Å². The maximum Gasteiger partial charge on any atom is 0.573 e. The molecule has 1 aromatic carbocycles. The number of rotatable bonds is 5. The van der Waals surface area contributed by atoms with Crippen molar-refractivity contribution in [3.05, 3.63) is 29.8 Å². The topological polar surface area (TPSA) is 21.3 Å². The first-order valence-corrected chi connectivity index (χ1v) is 6.68. The summed E-state index contributed by atoms with van der Waals surface area (Å²) in [5.74, 6) is -0.119. The first-order chi connectivity index (χ1) is 9.08. The van der Waals surface area contributed by atoms with Crippen LogP contribution in [-0.2, 0) is 0 Å². The number of nitrogens with one attached hydrogen (secondary N) is 1. The third-order valence-corrected chi connectivity index (χ3v) is 2.91. The third kappa shape index (κ3) is 6.28. The van der Waals surface area contributed by atoms with E-state index in [4.69, 9.17) is 0 Å². The molecule has 0 aromatic heterocycles. The van der Waals surface area contributed by atoms with Crippen LogP contribution in [0.2, 0.25) is 0 Å². The van der Waals surface area contributed by atoms with Gasteiger partial charge in [0, 0.05) is 5.54 Å². The summed E-state index contributed by atoms with van der Waals surface area (Å²) in [4.78, 5) is 0. The molecule has 0 radical (unpaired) electrons. The lowest BCUT2D eigenvalue weighted by molar-refractivity contribution is -0.275. The molecule has 114 valence electrons. The highest BCUT2D eigenvalue weighted by Gasteiger charge is 2.32. The Morgan fingerprint density at radius 2 is 1.75 bits per heavy atom. The van der Waals surface area contributed by atoms with Gasteiger partial charge in [-0.05, 0) is 51.3 Å². The summed E-state index contributed by atoms with van der Waals surface area (Å²) in [7, 11) is 0. The minimum atomic E-state index is -4.65. The lowest BCUT2D eigenvalue weighted by Gasteiger charge is -2.23. The SMILES string of the molecule is CC(CCNC(C)(C)C)c1ccccc1OC(F)(F)F. The molecule has 0 aliphatic rings. The quantitative estimate of drug-likeness (QED) is 0.863. The van der Waals surface area contributed by atoms with Gasteiger partial charge in [0.25, 0.3) is 0 Å². The summed E-state index contributed by atoms with van der Waals surface area (Å²) >= 11 is 0. The van der Waals surface area contributed by atoms with E-state index in [-0.39, 0.29) is 17.2 Å². The van der Waals surface area contributed by atoms with Gasteiger partial charge in [-0.1, -0.05) is 25.1 Å². The molecule has 0 aliphatic carbocycles. The number of ether oxygens (including phenoxy) is 1. The number of para-hydroxylation sites is 1. The lowest BCUT2D eigenvalue weighted by atomic mass is 9.96. The Bertz CT molecular complexity index is 424. The van der Waals surface area contributed by atoms with Crippen LogP contribution in [0.25, 0.3) is 0 Å². The van der Waals surface area contributed by atoms with Crippen molar-refractivity contribution in [1.29, 1.82) is 0 Å². The molecule has 0 fully saturated rings. The number of benzene rings is 1. The number of alkyl halides is 3. The number of halogens is 3. The molecule has 1 aromatic rings. The Morgan fingerprint density at radius 3 is 2.30 bits per heavy atom. The molecule has 0 amide bonds. The highest BCUT2D eigenvalue weighted by Crippen LogP contribution is 2.32.